The van der Waals surface area contributed by atoms with Gasteiger partial charge in [0.05, 0.1) is 0 Å². The van der Waals surface area contributed by atoms with Crippen molar-refractivity contribution in [2.24, 2.45) is 0 Å². The number of halogens is 1. The number of carbonyl (C=O) groups excluding carboxylic acids is 1. The van der Waals surface area contributed by atoms with Gasteiger partial charge in [0.1, 0.15) is 11.4 Å². The molecule has 1 aliphatic carbocycles. The van der Waals surface area contributed by atoms with Gasteiger partial charge in [-0.2, -0.15) is 0 Å². The van der Waals surface area contributed by atoms with Gasteiger partial charge in [-0.05, 0) is 43.0 Å². The first-order valence-electron chi connectivity index (χ1n) is 12.4. The summed E-state index contributed by atoms with van der Waals surface area (Å²) in [5.74, 6) is -0.233. The van der Waals surface area contributed by atoms with Gasteiger partial charge >= 0.3 is 0 Å². The summed E-state index contributed by atoms with van der Waals surface area (Å²) < 4.78 is 14.8. The highest BCUT2D eigenvalue weighted by Gasteiger charge is 2.52. The average molecular weight is 457 g/mol. The number of benzene rings is 3. The van der Waals surface area contributed by atoms with Crippen molar-refractivity contribution < 1.29 is 9.18 Å². The normalized spacial score (nSPS) is 21.1. The number of piperazine rings is 1. The van der Waals surface area contributed by atoms with E-state index in [0.29, 0.717) is 17.5 Å². The maximum atomic E-state index is 14.8. The molecule has 3 nitrogen and oxygen atoms in total. The summed E-state index contributed by atoms with van der Waals surface area (Å²) >= 11 is 0. The van der Waals surface area contributed by atoms with Crippen molar-refractivity contribution in [2.75, 3.05) is 26.2 Å². The van der Waals surface area contributed by atoms with Crippen LogP contribution in [0.2, 0.25) is 0 Å². The molecule has 0 amide bonds. The van der Waals surface area contributed by atoms with Gasteiger partial charge in [-0.1, -0.05) is 72.6 Å². The second-order valence-corrected chi connectivity index (χ2v) is 9.89. The molecular formula is C30H33FN2O. The number of fused-ring (bicyclic) bond motifs is 1. The zero-order valence-electron chi connectivity index (χ0n) is 20.4. The van der Waals surface area contributed by atoms with E-state index in [2.05, 4.69) is 73.0 Å². The van der Waals surface area contributed by atoms with Crippen molar-refractivity contribution in [3.05, 3.63) is 105 Å². The van der Waals surface area contributed by atoms with Crippen LogP contribution >= 0.6 is 0 Å². The van der Waals surface area contributed by atoms with E-state index in [1.807, 2.05) is 0 Å². The van der Waals surface area contributed by atoms with Crippen LogP contribution in [0.3, 0.4) is 0 Å². The van der Waals surface area contributed by atoms with Crippen molar-refractivity contribution >= 4 is 5.78 Å². The minimum atomic E-state index is -0.839. The van der Waals surface area contributed by atoms with Crippen LogP contribution in [0.15, 0.2) is 60.7 Å². The van der Waals surface area contributed by atoms with Crippen molar-refractivity contribution in [2.45, 2.75) is 45.7 Å². The van der Waals surface area contributed by atoms with E-state index < -0.39 is 5.54 Å². The van der Waals surface area contributed by atoms with Crippen LogP contribution in [-0.2, 0) is 24.9 Å². The maximum Gasteiger partial charge on any atom is 0.188 e. The molecule has 0 N–H and O–H groups in total. The Morgan fingerprint density at radius 2 is 1.56 bits per heavy atom. The van der Waals surface area contributed by atoms with Gasteiger partial charge in [0.15, 0.2) is 5.78 Å². The second kappa shape index (κ2) is 9.09. The van der Waals surface area contributed by atoms with Crippen molar-refractivity contribution in [1.29, 1.82) is 0 Å². The number of rotatable bonds is 5. The van der Waals surface area contributed by atoms with E-state index in [0.717, 1.165) is 55.8 Å². The van der Waals surface area contributed by atoms with Crippen molar-refractivity contribution in [3.8, 4) is 0 Å². The highest BCUT2D eigenvalue weighted by Crippen LogP contribution is 2.44. The molecular weight excluding hydrogens is 423 g/mol. The topological polar surface area (TPSA) is 23.6 Å². The molecule has 1 atom stereocenters. The van der Waals surface area contributed by atoms with Crippen molar-refractivity contribution in [3.63, 3.8) is 0 Å². The number of aryl methyl sites for hydroxylation is 3. The Morgan fingerprint density at radius 3 is 2.21 bits per heavy atom. The van der Waals surface area contributed by atoms with Gasteiger partial charge < -0.3 is 0 Å². The molecule has 4 heteroatoms. The first-order valence-corrected chi connectivity index (χ1v) is 12.4. The van der Waals surface area contributed by atoms with Crippen LogP contribution in [0, 0.1) is 19.7 Å². The maximum absolute atomic E-state index is 14.8. The third-order valence-electron chi connectivity index (χ3n) is 7.68. The monoisotopic (exact) mass is 456 g/mol. The van der Waals surface area contributed by atoms with Crippen LogP contribution in [0.1, 0.15) is 50.7 Å². The first-order chi connectivity index (χ1) is 16.4. The van der Waals surface area contributed by atoms with Gasteiger partial charge in [-0.25, -0.2) is 4.39 Å². The lowest BCUT2D eigenvalue weighted by Crippen LogP contribution is -2.58. The van der Waals surface area contributed by atoms with Crippen LogP contribution < -0.4 is 0 Å². The zero-order valence-corrected chi connectivity index (χ0v) is 20.4. The molecule has 3 aromatic carbocycles. The van der Waals surface area contributed by atoms with Gasteiger partial charge in [0.25, 0.3) is 0 Å². The number of hydrogen-bond acceptors (Lipinski definition) is 3. The van der Waals surface area contributed by atoms with Crippen LogP contribution in [-0.4, -0.2) is 41.8 Å². The molecule has 34 heavy (non-hydrogen) atoms. The predicted octanol–water partition coefficient (Wildman–Crippen LogP) is 5.46. The molecule has 1 unspecified atom stereocenters. The minimum absolute atomic E-state index is 0.0387. The highest BCUT2D eigenvalue weighted by atomic mass is 19.1. The molecule has 1 heterocycles. The Labute approximate surface area is 202 Å². The highest BCUT2D eigenvalue weighted by molar-refractivity contribution is 6.08. The van der Waals surface area contributed by atoms with Gasteiger partial charge in [0, 0.05) is 50.3 Å². The number of Topliss-reactive ketones (excluding diaryl/α,β-unsaturated/α-hetero) is 1. The Bertz CT molecular complexity index is 1210. The molecule has 0 saturated carbocycles. The summed E-state index contributed by atoms with van der Waals surface area (Å²) in [6.45, 7) is 10.6. The molecule has 0 aromatic heterocycles. The quantitative estimate of drug-likeness (QED) is 0.510. The fraction of sp³-hybridized carbons (Fsp3) is 0.367. The summed E-state index contributed by atoms with van der Waals surface area (Å²) in [5.41, 5.74) is 6.30. The fourth-order valence-electron chi connectivity index (χ4n) is 5.98. The van der Waals surface area contributed by atoms with Crippen LogP contribution in [0.4, 0.5) is 4.39 Å². The Morgan fingerprint density at radius 1 is 0.882 bits per heavy atom. The molecule has 1 fully saturated rings. The average Bonchev–Trinajstić information content (AvgIpc) is 3.14. The predicted molar refractivity (Wildman–Crippen MR) is 135 cm³/mol. The molecule has 0 bridgehead atoms. The zero-order chi connectivity index (χ0) is 23.9. The lowest BCUT2D eigenvalue weighted by molar-refractivity contribution is 0.0286. The smallest absolute Gasteiger partial charge is 0.188 e. The molecule has 0 radical (unpaired) electrons. The van der Waals surface area contributed by atoms with E-state index in [1.165, 1.54) is 17.2 Å². The van der Waals surface area contributed by atoms with Gasteiger partial charge in [-0.15, -0.1) is 0 Å². The number of hydrogen-bond donors (Lipinski definition) is 0. The minimum Gasteiger partial charge on any atom is -0.297 e. The third kappa shape index (κ3) is 3.89. The van der Waals surface area contributed by atoms with Crippen molar-refractivity contribution in [1.82, 2.24) is 9.80 Å². The largest absolute Gasteiger partial charge is 0.297 e. The fourth-order valence-corrected chi connectivity index (χ4v) is 5.98. The van der Waals surface area contributed by atoms with Gasteiger partial charge in [0.2, 0.25) is 0 Å². The molecule has 5 rings (SSSR count). The van der Waals surface area contributed by atoms with E-state index in [1.54, 1.807) is 12.1 Å². The molecule has 1 saturated heterocycles. The molecule has 3 aromatic rings. The number of nitrogens with zero attached hydrogens (tertiary/aromatic N) is 2. The SMILES string of the molecule is CCc1ccccc1CN1CCN(C2(c3cc(C)cc(C)c3)Cc3c(F)cccc3C2=O)CC1. The Hall–Kier alpha value is -2.82. The van der Waals surface area contributed by atoms with Crippen LogP contribution in [0.5, 0.6) is 0 Å². The first kappa shape index (κ1) is 22.9. The van der Waals surface area contributed by atoms with E-state index >= 15 is 0 Å². The van der Waals surface area contributed by atoms with Crippen LogP contribution in [0.25, 0.3) is 0 Å². The molecule has 176 valence electrons. The molecule has 2 aliphatic rings. The lowest BCUT2D eigenvalue weighted by atomic mass is 9.82. The summed E-state index contributed by atoms with van der Waals surface area (Å²) in [6, 6.07) is 20.0. The summed E-state index contributed by atoms with van der Waals surface area (Å²) in [6.07, 6.45) is 1.43. The second-order valence-electron chi connectivity index (χ2n) is 9.89. The standard InChI is InChI=1S/C30H33FN2O/c1-4-23-8-5-6-9-24(23)20-32-12-14-33(15-13-32)30(25-17-21(2)16-22(3)18-25)19-27-26(29(30)34)10-7-11-28(27)31/h5-11,16-18H,4,12-15,19-20H2,1-3H3. The van der Waals surface area contributed by atoms with E-state index in [9.17, 15) is 9.18 Å². The third-order valence-corrected chi connectivity index (χ3v) is 7.68. The molecule has 1 aliphatic heterocycles. The summed E-state index contributed by atoms with van der Waals surface area (Å²) in [4.78, 5) is 18.8. The summed E-state index contributed by atoms with van der Waals surface area (Å²) in [5, 5.41) is 0. The molecule has 0 spiro atoms. The number of ketones is 1. The van der Waals surface area contributed by atoms with E-state index in [4.69, 9.17) is 0 Å². The summed E-state index contributed by atoms with van der Waals surface area (Å²) in [7, 11) is 0. The Balaban J connectivity index is 1.46. The van der Waals surface area contributed by atoms with E-state index in [-0.39, 0.29) is 11.6 Å². The van der Waals surface area contributed by atoms with Gasteiger partial charge in [-0.3, -0.25) is 14.6 Å². The Kier molecular flexibility index (Phi) is 6.13. The number of carbonyl (C=O) groups is 1. The lowest BCUT2D eigenvalue weighted by Gasteiger charge is -2.45.